The second kappa shape index (κ2) is 15.4. The average molecular weight is 661 g/mol. The zero-order chi connectivity index (χ0) is 34.4. The minimum absolute atomic E-state index is 0.0257. The zero-order valence-electron chi connectivity index (χ0n) is 29.5. The first kappa shape index (κ1) is 35.3. The van der Waals surface area contributed by atoms with E-state index in [2.05, 4.69) is 31.2 Å². The third-order valence-corrected chi connectivity index (χ3v) is 9.85. The number of pyridine rings is 1. The molecule has 0 bridgehead atoms. The number of carbonyl (C=O) groups is 3. The molecule has 3 fully saturated rings. The molecule has 5 rings (SSSR count). The topological polar surface area (TPSA) is 124 Å². The van der Waals surface area contributed by atoms with Crippen LogP contribution in [0.15, 0.2) is 30.1 Å². The van der Waals surface area contributed by atoms with E-state index in [1.165, 1.54) is 0 Å². The fraction of sp³-hybridized carbons (Fsp3) is 0.611. The van der Waals surface area contributed by atoms with Crippen molar-refractivity contribution in [1.29, 1.82) is 0 Å². The number of Topliss-reactive ketones (excluding diaryl/α,β-unsaturated/α-hetero) is 1. The van der Waals surface area contributed by atoms with Crippen molar-refractivity contribution >= 4 is 47.1 Å². The Morgan fingerprint density at radius 3 is 2.23 bits per heavy atom. The van der Waals surface area contributed by atoms with E-state index >= 15 is 0 Å². The number of rotatable bonds is 10. The van der Waals surface area contributed by atoms with Crippen LogP contribution in [-0.2, 0) is 14.3 Å². The van der Waals surface area contributed by atoms with E-state index in [0.29, 0.717) is 34.6 Å². The Bertz CT molecular complexity index is 1470. The van der Waals surface area contributed by atoms with Crippen molar-refractivity contribution in [3.05, 3.63) is 35.7 Å². The summed E-state index contributed by atoms with van der Waals surface area (Å²) in [5.41, 5.74) is 2.67. The summed E-state index contributed by atoms with van der Waals surface area (Å²) >= 11 is 0. The lowest BCUT2D eigenvalue weighted by Gasteiger charge is -2.39. The molecule has 0 spiro atoms. The predicted octanol–water partition coefficient (Wildman–Crippen LogP) is 5.67. The van der Waals surface area contributed by atoms with Crippen LogP contribution in [0.4, 0.5) is 28.1 Å². The van der Waals surface area contributed by atoms with Crippen LogP contribution < -0.4 is 15.1 Å². The van der Waals surface area contributed by atoms with Crippen LogP contribution in [0.3, 0.4) is 0 Å². The fourth-order valence-electron chi connectivity index (χ4n) is 6.79. The summed E-state index contributed by atoms with van der Waals surface area (Å²) < 4.78 is 5.55. The monoisotopic (exact) mass is 660 g/mol. The van der Waals surface area contributed by atoms with Gasteiger partial charge in [-0.05, 0) is 96.4 Å². The van der Waals surface area contributed by atoms with E-state index in [1.54, 1.807) is 24.9 Å². The first-order chi connectivity index (χ1) is 22.9. The Labute approximate surface area is 284 Å². The van der Waals surface area contributed by atoms with E-state index in [9.17, 15) is 14.4 Å². The molecule has 2 aromatic heterocycles. The zero-order valence-corrected chi connectivity index (χ0v) is 29.5. The van der Waals surface area contributed by atoms with Crippen molar-refractivity contribution in [3.63, 3.8) is 0 Å². The lowest BCUT2D eigenvalue weighted by atomic mass is 9.96. The third kappa shape index (κ3) is 8.89. The van der Waals surface area contributed by atoms with Crippen LogP contribution in [0, 0.1) is 5.92 Å². The highest BCUT2D eigenvalue weighted by molar-refractivity contribution is 6.01. The molecule has 1 aliphatic carbocycles. The number of carbonyl (C=O) groups excluding carboxylic acids is 3. The van der Waals surface area contributed by atoms with Crippen molar-refractivity contribution in [3.8, 4) is 0 Å². The minimum Gasteiger partial charge on any atom is -0.444 e. The molecule has 0 radical (unpaired) electrons. The molecule has 0 aromatic carbocycles. The van der Waals surface area contributed by atoms with Crippen LogP contribution in [0.1, 0.15) is 85.6 Å². The van der Waals surface area contributed by atoms with Gasteiger partial charge in [-0.1, -0.05) is 12.8 Å². The van der Waals surface area contributed by atoms with E-state index in [1.807, 2.05) is 44.9 Å². The van der Waals surface area contributed by atoms with Crippen molar-refractivity contribution in [2.75, 3.05) is 60.9 Å². The SMILES string of the molecule is CC(=O)/C(C)=C(\C)c1cnc(Nc2ccc(N3CCN(CC4CCN(C(=O)OC(C)(C)C)CC4)CC3)cn2)nc1N(C=O)C1CCCC1. The number of ketones is 1. The first-order valence-electron chi connectivity index (χ1n) is 17.4. The number of ether oxygens (including phenoxy) is 1. The van der Waals surface area contributed by atoms with Crippen molar-refractivity contribution in [1.82, 2.24) is 24.8 Å². The summed E-state index contributed by atoms with van der Waals surface area (Å²) in [7, 11) is 0. The maximum absolute atomic E-state index is 12.4. The molecule has 1 N–H and O–H groups in total. The molecule has 2 amide bonds. The second-order valence-electron chi connectivity index (χ2n) is 14.4. The maximum Gasteiger partial charge on any atom is 0.410 e. The van der Waals surface area contributed by atoms with Gasteiger partial charge in [-0.2, -0.15) is 4.98 Å². The molecule has 3 aliphatic rings. The summed E-state index contributed by atoms with van der Waals surface area (Å²) in [4.78, 5) is 59.3. The summed E-state index contributed by atoms with van der Waals surface area (Å²) in [6, 6.07) is 4.06. The molecule has 260 valence electrons. The van der Waals surface area contributed by atoms with Gasteiger partial charge in [0.1, 0.15) is 17.2 Å². The van der Waals surface area contributed by atoms with Crippen LogP contribution in [0.2, 0.25) is 0 Å². The third-order valence-electron chi connectivity index (χ3n) is 9.85. The Morgan fingerprint density at radius 2 is 1.65 bits per heavy atom. The molecular formula is C36H52N8O4. The van der Waals surface area contributed by atoms with E-state index < -0.39 is 5.60 Å². The van der Waals surface area contributed by atoms with Gasteiger partial charge in [0.25, 0.3) is 0 Å². The van der Waals surface area contributed by atoms with Gasteiger partial charge in [0, 0.05) is 63.6 Å². The molecular weight excluding hydrogens is 608 g/mol. The summed E-state index contributed by atoms with van der Waals surface area (Å²) in [5, 5.41) is 3.22. The van der Waals surface area contributed by atoms with Crippen molar-refractivity contribution in [2.24, 2.45) is 5.92 Å². The van der Waals surface area contributed by atoms with Crippen molar-refractivity contribution in [2.45, 2.75) is 91.7 Å². The van der Waals surface area contributed by atoms with E-state index in [4.69, 9.17) is 9.72 Å². The van der Waals surface area contributed by atoms with Crippen LogP contribution in [0.25, 0.3) is 5.57 Å². The number of nitrogens with zero attached hydrogens (tertiary/aromatic N) is 7. The van der Waals surface area contributed by atoms with Crippen LogP contribution >= 0.6 is 0 Å². The number of aromatic nitrogens is 3. The maximum atomic E-state index is 12.4. The van der Waals surface area contributed by atoms with Gasteiger partial charge in [0.05, 0.1) is 11.9 Å². The van der Waals surface area contributed by atoms with Gasteiger partial charge in [-0.3, -0.25) is 19.4 Å². The molecule has 48 heavy (non-hydrogen) atoms. The van der Waals surface area contributed by atoms with Gasteiger partial charge in [0.15, 0.2) is 5.78 Å². The highest BCUT2D eigenvalue weighted by Crippen LogP contribution is 2.33. The Balaban J connectivity index is 1.17. The number of piperazine rings is 1. The molecule has 0 atom stereocenters. The number of likely N-dealkylation sites (tertiary alicyclic amines) is 1. The standard InChI is InChI=1S/C36H52N8O4/c1-25(27(3)46)26(2)31-22-38-34(40-33(31)44(24-45)29-9-7-8-10-29)39-32-12-11-30(21-37-32)42-19-17-41(18-20-42)23-28-13-15-43(16-14-28)35(47)48-36(4,5)6/h11-12,21-22,24,28-29H,7-10,13-20,23H2,1-6H3,(H,37,38,39,40)/b26-25+. The minimum atomic E-state index is -0.464. The molecule has 2 saturated heterocycles. The number of nitrogens with one attached hydrogen (secondary N) is 1. The Hall–Kier alpha value is -4.06. The highest BCUT2D eigenvalue weighted by atomic mass is 16.6. The highest BCUT2D eigenvalue weighted by Gasteiger charge is 2.29. The van der Waals surface area contributed by atoms with E-state index in [0.717, 1.165) is 102 Å². The van der Waals surface area contributed by atoms with Gasteiger partial charge in [0.2, 0.25) is 12.4 Å². The van der Waals surface area contributed by atoms with Gasteiger partial charge >= 0.3 is 6.09 Å². The number of hydrogen-bond donors (Lipinski definition) is 1. The van der Waals surface area contributed by atoms with Gasteiger partial charge < -0.3 is 19.9 Å². The van der Waals surface area contributed by atoms with Crippen LogP contribution in [-0.4, -0.2) is 100 Å². The Kier molecular flexibility index (Phi) is 11.3. The van der Waals surface area contributed by atoms with Crippen molar-refractivity contribution < 1.29 is 19.1 Å². The summed E-state index contributed by atoms with van der Waals surface area (Å²) in [6.45, 7) is 17.3. The molecule has 0 unspecified atom stereocenters. The first-order valence-corrected chi connectivity index (χ1v) is 17.4. The second-order valence-corrected chi connectivity index (χ2v) is 14.4. The van der Waals surface area contributed by atoms with Gasteiger partial charge in [-0.15, -0.1) is 0 Å². The largest absolute Gasteiger partial charge is 0.444 e. The van der Waals surface area contributed by atoms with Gasteiger partial charge in [-0.25, -0.2) is 14.8 Å². The van der Waals surface area contributed by atoms with Crippen LogP contribution in [0.5, 0.6) is 0 Å². The molecule has 12 nitrogen and oxygen atoms in total. The predicted molar refractivity (Wildman–Crippen MR) is 188 cm³/mol. The number of allylic oxidation sites excluding steroid dienone is 2. The lowest BCUT2D eigenvalue weighted by Crippen LogP contribution is -2.49. The molecule has 4 heterocycles. The Morgan fingerprint density at radius 1 is 0.958 bits per heavy atom. The summed E-state index contributed by atoms with van der Waals surface area (Å²) in [6.07, 6.45) is 10.2. The average Bonchev–Trinajstić information content (AvgIpc) is 3.60. The molecule has 2 aromatic rings. The molecule has 1 saturated carbocycles. The number of hydrogen-bond acceptors (Lipinski definition) is 10. The normalized spacial score (nSPS) is 18.8. The fourth-order valence-corrected chi connectivity index (χ4v) is 6.79. The number of piperidine rings is 1. The molecule has 2 aliphatic heterocycles. The summed E-state index contributed by atoms with van der Waals surface area (Å²) in [5.74, 6) is 2.03. The number of amides is 2. The number of anilines is 4. The quantitative estimate of drug-likeness (QED) is 0.252. The van der Waals surface area contributed by atoms with E-state index in [-0.39, 0.29) is 17.9 Å². The smallest absolute Gasteiger partial charge is 0.410 e. The lowest BCUT2D eigenvalue weighted by molar-refractivity contribution is -0.113. The molecule has 12 heteroatoms.